The van der Waals surface area contributed by atoms with Crippen LogP contribution in [-0.4, -0.2) is 60.5 Å². The Morgan fingerprint density at radius 2 is 1.91 bits per heavy atom. The number of piperidine rings is 1. The number of likely N-dealkylation sites (tertiary alicyclic amines) is 1. The molecule has 0 radical (unpaired) electrons. The lowest BCUT2D eigenvalue weighted by molar-refractivity contribution is 0.0137. The molecule has 134 valence electrons. The van der Waals surface area contributed by atoms with Crippen molar-refractivity contribution in [1.82, 2.24) is 10.2 Å². The van der Waals surface area contributed by atoms with Gasteiger partial charge in [0, 0.05) is 32.3 Å². The Labute approximate surface area is 142 Å². The van der Waals surface area contributed by atoms with Crippen molar-refractivity contribution in [3.05, 3.63) is 0 Å². The van der Waals surface area contributed by atoms with Gasteiger partial charge in [0.25, 0.3) is 0 Å². The van der Waals surface area contributed by atoms with Crippen LogP contribution in [0.5, 0.6) is 0 Å². The van der Waals surface area contributed by atoms with Crippen LogP contribution >= 0.6 is 0 Å². The highest BCUT2D eigenvalue weighted by molar-refractivity contribution is 4.89. The predicted octanol–water partition coefficient (Wildman–Crippen LogP) is 2.55. The SMILES string of the molecule is CC1CN(CC2CCCO2)CCC1NCC1(O)CCCCCC1. The second-order valence-corrected chi connectivity index (χ2v) is 8.29. The van der Waals surface area contributed by atoms with Crippen molar-refractivity contribution in [3.8, 4) is 0 Å². The molecule has 23 heavy (non-hydrogen) atoms. The monoisotopic (exact) mass is 324 g/mol. The third-order valence-corrected chi connectivity index (χ3v) is 6.20. The van der Waals surface area contributed by atoms with Gasteiger partial charge in [-0.2, -0.15) is 0 Å². The van der Waals surface area contributed by atoms with E-state index in [0.717, 1.165) is 39.1 Å². The van der Waals surface area contributed by atoms with Gasteiger partial charge < -0.3 is 20.1 Å². The van der Waals surface area contributed by atoms with E-state index in [2.05, 4.69) is 17.1 Å². The number of nitrogens with one attached hydrogen (secondary N) is 1. The van der Waals surface area contributed by atoms with Crippen LogP contribution in [0.1, 0.15) is 64.7 Å². The van der Waals surface area contributed by atoms with Crippen LogP contribution in [0.3, 0.4) is 0 Å². The van der Waals surface area contributed by atoms with E-state index in [0.29, 0.717) is 18.1 Å². The molecule has 1 saturated carbocycles. The van der Waals surface area contributed by atoms with E-state index < -0.39 is 5.60 Å². The Morgan fingerprint density at radius 1 is 1.13 bits per heavy atom. The molecule has 3 fully saturated rings. The van der Waals surface area contributed by atoms with Crippen LogP contribution < -0.4 is 5.32 Å². The molecule has 3 unspecified atom stereocenters. The van der Waals surface area contributed by atoms with E-state index in [1.807, 2.05) is 0 Å². The summed E-state index contributed by atoms with van der Waals surface area (Å²) in [6, 6.07) is 0.558. The topological polar surface area (TPSA) is 44.7 Å². The minimum Gasteiger partial charge on any atom is -0.389 e. The fraction of sp³-hybridized carbons (Fsp3) is 1.00. The molecule has 0 amide bonds. The zero-order valence-electron chi connectivity index (χ0n) is 14.9. The van der Waals surface area contributed by atoms with Crippen LogP contribution in [0.2, 0.25) is 0 Å². The van der Waals surface area contributed by atoms with Gasteiger partial charge in [0.15, 0.2) is 0 Å². The molecule has 0 aromatic heterocycles. The molecule has 1 aliphatic carbocycles. The Balaban J connectivity index is 1.41. The normalized spacial score (nSPS) is 36.0. The number of rotatable bonds is 5. The van der Waals surface area contributed by atoms with Crippen molar-refractivity contribution >= 4 is 0 Å². The van der Waals surface area contributed by atoms with Crippen molar-refractivity contribution in [3.63, 3.8) is 0 Å². The predicted molar refractivity (Wildman–Crippen MR) is 93.6 cm³/mol. The zero-order valence-corrected chi connectivity index (χ0v) is 14.9. The van der Waals surface area contributed by atoms with Gasteiger partial charge in [0.2, 0.25) is 0 Å². The summed E-state index contributed by atoms with van der Waals surface area (Å²) in [5.74, 6) is 0.652. The van der Waals surface area contributed by atoms with Crippen molar-refractivity contribution in [2.75, 3.05) is 32.8 Å². The molecule has 0 spiro atoms. The van der Waals surface area contributed by atoms with E-state index in [4.69, 9.17) is 4.74 Å². The first-order valence-corrected chi connectivity index (χ1v) is 9.94. The average Bonchev–Trinajstić information content (AvgIpc) is 2.94. The summed E-state index contributed by atoms with van der Waals surface area (Å²) in [6.45, 7) is 7.54. The quantitative estimate of drug-likeness (QED) is 0.763. The molecule has 2 aliphatic heterocycles. The minimum atomic E-state index is -0.453. The van der Waals surface area contributed by atoms with E-state index in [9.17, 15) is 5.11 Å². The van der Waals surface area contributed by atoms with Gasteiger partial charge in [-0.15, -0.1) is 0 Å². The summed E-state index contributed by atoms with van der Waals surface area (Å²) in [5.41, 5.74) is -0.453. The molecule has 0 aromatic carbocycles. The maximum absolute atomic E-state index is 10.8. The smallest absolute Gasteiger partial charge is 0.0771 e. The second-order valence-electron chi connectivity index (χ2n) is 8.29. The third-order valence-electron chi connectivity index (χ3n) is 6.20. The number of nitrogens with zero attached hydrogens (tertiary/aromatic N) is 1. The lowest BCUT2D eigenvalue weighted by Gasteiger charge is -2.40. The molecular formula is C19H36N2O2. The average molecular weight is 325 g/mol. The van der Waals surface area contributed by atoms with Crippen LogP contribution in [0, 0.1) is 5.92 Å². The first-order chi connectivity index (χ1) is 11.1. The van der Waals surface area contributed by atoms with Gasteiger partial charge in [0.1, 0.15) is 0 Å². The Hall–Kier alpha value is -0.160. The molecule has 2 N–H and O–H groups in total. The standard InChI is InChI=1S/C19H36N2O2/c1-16-13-21(14-17-7-6-12-23-17)11-8-18(16)20-15-19(22)9-4-2-3-5-10-19/h16-18,20,22H,2-15H2,1H3. The molecule has 2 saturated heterocycles. The molecule has 0 aromatic rings. The van der Waals surface area contributed by atoms with Crippen molar-refractivity contribution in [2.45, 2.75) is 82.5 Å². The zero-order chi connectivity index (χ0) is 16.1. The number of ether oxygens (including phenoxy) is 1. The summed E-state index contributed by atoms with van der Waals surface area (Å²) in [4.78, 5) is 2.58. The van der Waals surface area contributed by atoms with Gasteiger partial charge in [-0.3, -0.25) is 0 Å². The minimum absolute atomic E-state index is 0.453. The summed E-state index contributed by atoms with van der Waals surface area (Å²) in [7, 11) is 0. The van der Waals surface area contributed by atoms with Crippen molar-refractivity contribution in [2.24, 2.45) is 5.92 Å². The number of aliphatic hydroxyl groups is 1. The fourth-order valence-corrected chi connectivity index (χ4v) is 4.66. The second kappa shape index (κ2) is 8.28. The molecule has 3 atom stereocenters. The molecule has 3 aliphatic rings. The van der Waals surface area contributed by atoms with Gasteiger partial charge in [-0.25, -0.2) is 0 Å². The molecule has 4 nitrogen and oxygen atoms in total. The Morgan fingerprint density at radius 3 is 2.57 bits per heavy atom. The molecule has 4 heteroatoms. The summed E-state index contributed by atoms with van der Waals surface area (Å²) in [6.07, 6.45) is 11.1. The largest absolute Gasteiger partial charge is 0.389 e. The highest BCUT2D eigenvalue weighted by Crippen LogP contribution is 2.27. The van der Waals surface area contributed by atoms with Crippen molar-refractivity contribution in [1.29, 1.82) is 0 Å². The van der Waals surface area contributed by atoms with Crippen LogP contribution in [0.4, 0.5) is 0 Å². The van der Waals surface area contributed by atoms with Gasteiger partial charge in [-0.1, -0.05) is 32.6 Å². The lowest BCUT2D eigenvalue weighted by Crippen LogP contribution is -2.53. The molecule has 3 rings (SSSR count). The van der Waals surface area contributed by atoms with Crippen LogP contribution in [0.15, 0.2) is 0 Å². The maximum atomic E-state index is 10.8. The number of hydrogen-bond acceptors (Lipinski definition) is 4. The van der Waals surface area contributed by atoms with Gasteiger partial charge >= 0.3 is 0 Å². The van der Waals surface area contributed by atoms with Crippen molar-refractivity contribution < 1.29 is 9.84 Å². The summed E-state index contributed by atoms with van der Waals surface area (Å²) in [5, 5.41) is 14.5. The van der Waals surface area contributed by atoms with Gasteiger partial charge in [0.05, 0.1) is 11.7 Å². The number of hydrogen-bond donors (Lipinski definition) is 2. The lowest BCUT2D eigenvalue weighted by atomic mass is 9.90. The summed E-state index contributed by atoms with van der Waals surface area (Å²) >= 11 is 0. The van der Waals surface area contributed by atoms with E-state index >= 15 is 0 Å². The Bertz CT molecular complexity index is 349. The van der Waals surface area contributed by atoms with E-state index in [1.54, 1.807) is 0 Å². The van der Waals surface area contributed by atoms with Crippen LogP contribution in [-0.2, 0) is 4.74 Å². The first-order valence-electron chi connectivity index (χ1n) is 9.94. The molecule has 2 heterocycles. The molecule has 0 bridgehead atoms. The van der Waals surface area contributed by atoms with Gasteiger partial charge in [-0.05, 0) is 44.6 Å². The highest BCUT2D eigenvalue weighted by Gasteiger charge is 2.32. The maximum Gasteiger partial charge on any atom is 0.0771 e. The van der Waals surface area contributed by atoms with E-state index in [1.165, 1.54) is 51.5 Å². The van der Waals surface area contributed by atoms with Crippen LogP contribution in [0.25, 0.3) is 0 Å². The van der Waals surface area contributed by atoms with E-state index in [-0.39, 0.29) is 0 Å². The third kappa shape index (κ3) is 5.15. The summed E-state index contributed by atoms with van der Waals surface area (Å²) < 4.78 is 5.78. The Kier molecular flexibility index (Phi) is 6.36. The highest BCUT2D eigenvalue weighted by atomic mass is 16.5. The fourth-order valence-electron chi connectivity index (χ4n) is 4.66. The first kappa shape index (κ1) is 17.7. The molecular weight excluding hydrogens is 288 g/mol.